The zero-order valence-corrected chi connectivity index (χ0v) is 16.7. The third kappa shape index (κ3) is 6.59. The molecule has 1 aromatic carbocycles. The van der Waals surface area contributed by atoms with Crippen molar-refractivity contribution in [2.24, 2.45) is 5.92 Å². The van der Waals surface area contributed by atoms with Crippen LogP contribution in [0.5, 0.6) is 0 Å². The van der Waals surface area contributed by atoms with Crippen molar-refractivity contribution in [1.82, 2.24) is 9.80 Å². The van der Waals surface area contributed by atoms with Crippen LogP contribution in [0.25, 0.3) is 0 Å². The Morgan fingerprint density at radius 3 is 2.19 bits per heavy atom. The Balaban J connectivity index is 2.14. The molecule has 0 fully saturated rings. The molecule has 2 amide bonds. The lowest BCUT2D eigenvalue weighted by molar-refractivity contribution is -0.143. The van der Waals surface area contributed by atoms with Gasteiger partial charge in [0.05, 0.1) is 19.4 Å². The fourth-order valence-electron chi connectivity index (χ4n) is 2.90. The van der Waals surface area contributed by atoms with Crippen LogP contribution in [-0.4, -0.2) is 34.2 Å². The lowest BCUT2D eigenvalue weighted by Crippen LogP contribution is -2.45. The molecule has 0 unspecified atom stereocenters. The van der Waals surface area contributed by atoms with Gasteiger partial charge >= 0.3 is 0 Å². The maximum absolute atomic E-state index is 13.1. The van der Waals surface area contributed by atoms with E-state index in [2.05, 4.69) is 0 Å². The Morgan fingerprint density at radius 1 is 0.926 bits per heavy atom. The first-order valence-corrected chi connectivity index (χ1v) is 9.50. The molecule has 5 heteroatoms. The largest absolute Gasteiger partial charge is 0.467 e. The number of furan rings is 1. The van der Waals surface area contributed by atoms with E-state index in [0.29, 0.717) is 19.5 Å². The summed E-state index contributed by atoms with van der Waals surface area (Å²) >= 11 is 0. The van der Waals surface area contributed by atoms with E-state index in [4.69, 9.17) is 4.42 Å². The van der Waals surface area contributed by atoms with Crippen molar-refractivity contribution in [2.45, 2.75) is 53.2 Å². The number of benzene rings is 1. The summed E-state index contributed by atoms with van der Waals surface area (Å²) in [4.78, 5) is 29.0. The summed E-state index contributed by atoms with van der Waals surface area (Å²) < 4.78 is 5.43. The predicted octanol–water partition coefficient (Wildman–Crippen LogP) is 4.09. The van der Waals surface area contributed by atoms with Gasteiger partial charge in [0.15, 0.2) is 0 Å². The highest BCUT2D eigenvalue weighted by atomic mass is 16.3. The first kappa shape index (κ1) is 20.7. The lowest BCUT2D eigenvalue weighted by Gasteiger charge is -2.30. The van der Waals surface area contributed by atoms with Gasteiger partial charge in [0.2, 0.25) is 11.8 Å². The van der Waals surface area contributed by atoms with E-state index in [1.54, 1.807) is 16.1 Å². The number of nitrogens with zero attached hydrogens (tertiary/aromatic N) is 2. The molecule has 0 saturated carbocycles. The van der Waals surface area contributed by atoms with E-state index in [1.807, 2.05) is 70.2 Å². The molecule has 0 aliphatic rings. The third-order valence-corrected chi connectivity index (χ3v) is 4.33. The molecule has 0 spiro atoms. The number of carbonyl (C=O) groups excluding carboxylic acids is 2. The van der Waals surface area contributed by atoms with E-state index in [0.717, 1.165) is 11.3 Å². The van der Waals surface area contributed by atoms with Crippen LogP contribution in [0.1, 0.15) is 45.4 Å². The highest BCUT2D eigenvalue weighted by molar-refractivity contribution is 5.85. The van der Waals surface area contributed by atoms with Gasteiger partial charge in [0.25, 0.3) is 0 Å². The van der Waals surface area contributed by atoms with Crippen LogP contribution in [0.2, 0.25) is 0 Å². The first-order chi connectivity index (χ1) is 12.9. The van der Waals surface area contributed by atoms with Gasteiger partial charge in [-0.2, -0.15) is 0 Å². The van der Waals surface area contributed by atoms with Crippen molar-refractivity contribution < 1.29 is 14.0 Å². The SMILES string of the molecule is CC(C)CC(=O)N(CC(=O)N(Cc1ccccc1)Cc1ccco1)C(C)C. The minimum Gasteiger partial charge on any atom is -0.467 e. The Bertz CT molecular complexity index is 708. The highest BCUT2D eigenvalue weighted by Gasteiger charge is 2.24. The number of carbonyl (C=O) groups is 2. The van der Waals surface area contributed by atoms with Gasteiger partial charge in [-0.05, 0) is 37.5 Å². The highest BCUT2D eigenvalue weighted by Crippen LogP contribution is 2.14. The lowest BCUT2D eigenvalue weighted by atomic mass is 10.1. The second-order valence-electron chi connectivity index (χ2n) is 7.53. The van der Waals surface area contributed by atoms with Crippen LogP contribution in [0.4, 0.5) is 0 Å². The summed E-state index contributed by atoms with van der Waals surface area (Å²) in [5, 5.41) is 0. The summed E-state index contributed by atoms with van der Waals surface area (Å²) in [5.41, 5.74) is 1.04. The molecule has 1 aromatic heterocycles. The summed E-state index contributed by atoms with van der Waals surface area (Å²) in [7, 11) is 0. The second-order valence-corrected chi connectivity index (χ2v) is 7.53. The summed E-state index contributed by atoms with van der Waals surface area (Å²) in [5.74, 6) is 0.924. The van der Waals surface area contributed by atoms with Gasteiger partial charge in [0, 0.05) is 19.0 Å². The minimum absolute atomic E-state index is 0.0195. The molecule has 0 bridgehead atoms. The van der Waals surface area contributed by atoms with E-state index in [9.17, 15) is 9.59 Å². The summed E-state index contributed by atoms with van der Waals surface area (Å²) in [6.45, 7) is 8.85. The van der Waals surface area contributed by atoms with Gasteiger partial charge in [-0.1, -0.05) is 44.2 Å². The number of amides is 2. The molecule has 2 aromatic rings. The van der Waals surface area contributed by atoms with Crippen LogP contribution >= 0.6 is 0 Å². The zero-order chi connectivity index (χ0) is 19.8. The van der Waals surface area contributed by atoms with E-state index in [-0.39, 0.29) is 30.3 Å². The molecule has 0 radical (unpaired) electrons. The molecule has 5 nitrogen and oxygen atoms in total. The van der Waals surface area contributed by atoms with Crippen molar-refractivity contribution in [3.8, 4) is 0 Å². The Labute approximate surface area is 162 Å². The standard InChI is InChI=1S/C22H30N2O3/c1-17(2)13-21(25)24(18(3)4)16-22(26)23(15-20-11-8-12-27-20)14-19-9-6-5-7-10-19/h5-12,17-18H,13-16H2,1-4H3. The molecule has 0 atom stereocenters. The second kappa shape index (κ2) is 9.95. The number of hydrogen-bond acceptors (Lipinski definition) is 3. The Hall–Kier alpha value is -2.56. The molecule has 1 heterocycles. The normalized spacial score (nSPS) is 11.0. The summed E-state index contributed by atoms with van der Waals surface area (Å²) in [6.07, 6.45) is 2.05. The molecule has 0 aliphatic carbocycles. The van der Waals surface area contributed by atoms with Crippen molar-refractivity contribution in [1.29, 1.82) is 0 Å². The molecular weight excluding hydrogens is 340 g/mol. The van der Waals surface area contributed by atoms with Crippen molar-refractivity contribution in [3.63, 3.8) is 0 Å². The molecule has 0 N–H and O–H groups in total. The number of hydrogen-bond donors (Lipinski definition) is 0. The van der Waals surface area contributed by atoms with E-state index >= 15 is 0 Å². The minimum atomic E-state index is -0.0824. The van der Waals surface area contributed by atoms with E-state index < -0.39 is 0 Å². The zero-order valence-electron chi connectivity index (χ0n) is 16.7. The van der Waals surface area contributed by atoms with Crippen LogP contribution in [0.15, 0.2) is 53.1 Å². The van der Waals surface area contributed by atoms with Crippen molar-refractivity contribution >= 4 is 11.8 Å². The fourth-order valence-corrected chi connectivity index (χ4v) is 2.90. The van der Waals surface area contributed by atoms with Crippen LogP contribution in [0, 0.1) is 5.92 Å². The van der Waals surface area contributed by atoms with Crippen LogP contribution in [-0.2, 0) is 22.7 Å². The predicted molar refractivity (Wildman–Crippen MR) is 106 cm³/mol. The third-order valence-electron chi connectivity index (χ3n) is 4.33. The smallest absolute Gasteiger partial charge is 0.242 e. The average molecular weight is 370 g/mol. The van der Waals surface area contributed by atoms with Crippen molar-refractivity contribution in [2.75, 3.05) is 6.54 Å². The number of rotatable bonds is 9. The average Bonchev–Trinajstić information content (AvgIpc) is 3.12. The topological polar surface area (TPSA) is 53.8 Å². The van der Waals surface area contributed by atoms with E-state index in [1.165, 1.54) is 0 Å². The molecule has 146 valence electrons. The molecule has 0 saturated heterocycles. The maximum Gasteiger partial charge on any atom is 0.242 e. The van der Waals surface area contributed by atoms with Gasteiger partial charge in [-0.15, -0.1) is 0 Å². The molecule has 2 rings (SSSR count). The van der Waals surface area contributed by atoms with Crippen molar-refractivity contribution in [3.05, 3.63) is 60.1 Å². The van der Waals surface area contributed by atoms with Gasteiger partial charge in [0.1, 0.15) is 5.76 Å². The molecular formula is C22H30N2O3. The van der Waals surface area contributed by atoms with Crippen LogP contribution in [0.3, 0.4) is 0 Å². The van der Waals surface area contributed by atoms with Gasteiger partial charge in [-0.3, -0.25) is 9.59 Å². The Morgan fingerprint density at radius 2 is 1.63 bits per heavy atom. The maximum atomic E-state index is 13.1. The monoisotopic (exact) mass is 370 g/mol. The first-order valence-electron chi connectivity index (χ1n) is 9.50. The quantitative estimate of drug-likeness (QED) is 0.668. The Kier molecular flexibility index (Phi) is 7.65. The molecule has 0 aliphatic heterocycles. The van der Waals surface area contributed by atoms with Gasteiger partial charge < -0.3 is 14.2 Å². The van der Waals surface area contributed by atoms with Gasteiger partial charge in [-0.25, -0.2) is 0 Å². The molecule has 27 heavy (non-hydrogen) atoms. The fraction of sp³-hybridized carbons (Fsp3) is 0.455. The summed E-state index contributed by atoms with van der Waals surface area (Å²) in [6, 6.07) is 13.5. The van der Waals surface area contributed by atoms with Crippen LogP contribution < -0.4 is 0 Å².